The third-order valence-electron chi connectivity index (χ3n) is 6.62. The number of unbranched alkanes of at least 4 members (excludes halogenated alkanes) is 5. The van der Waals surface area contributed by atoms with Crippen molar-refractivity contribution in [3.05, 3.63) is 48.6 Å². The van der Waals surface area contributed by atoms with Crippen molar-refractivity contribution < 1.29 is 4.79 Å². The van der Waals surface area contributed by atoms with Gasteiger partial charge in [0.05, 0.1) is 0 Å². The molecule has 2 saturated heterocycles. The Labute approximate surface area is 166 Å². The van der Waals surface area contributed by atoms with Crippen LogP contribution in [-0.4, -0.2) is 22.8 Å². The van der Waals surface area contributed by atoms with Crippen LogP contribution in [0.4, 0.5) is 0 Å². The van der Waals surface area contributed by atoms with Gasteiger partial charge < -0.3 is 0 Å². The molecule has 0 spiro atoms. The number of hydrogen-bond acceptors (Lipinski definition) is 2. The van der Waals surface area contributed by atoms with Gasteiger partial charge in [-0.3, -0.25) is 9.69 Å². The largest absolute Gasteiger partial charge is 0.299 e. The molecule has 2 fully saturated rings. The average Bonchev–Trinajstić information content (AvgIpc) is 2.67. The summed E-state index contributed by atoms with van der Waals surface area (Å²) in [6.07, 6.45) is 16.1. The van der Waals surface area contributed by atoms with Crippen LogP contribution >= 0.6 is 0 Å². The highest BCUT2D eigenvalue weighted by Crippen LogP contribution is 2.38. The Morgan fingerprint density at radius 2 is 1.67 bits per heavy atom. The number of carbonyl (C=O) groups excluding carboxylic acids is 1. The normalized spacial score (nSPS) is 25.3. The number of rotatable bonds is 11. The van der Waals surface area contributed by atoms with Crippen molar-refractivity contribution in [2.24, 2.45) is 5.92 Å². The molecule has 0 saturated carbocycles. The Morgan fingerprint density at radius 3 is 2.37 bits per heavy atom. The van der Waals surface area contributed by atoms with Gasteiger partial charge in [-0.2, -0.15) is 0 Å². The summed E-state index contributed by atoms with van der Waals surface area (Å²) in [5.41, 5.74) is 1.41. The first-order valence-electron chi connectivity index (χ1n) is 11.2. The maximum atomic E-state index is 12.8. The molecule has 27 heavy (non-hydrogen) atoms. The van der Waals surface area contributed by atoms with Crippen molar-refractivity contribution in [1.29, 1.82) is 0 Å². The molecule has 2 nitrogen and oxygen atoms in total. The van der Waals surface area contributed by atoms with E-state index in [1.165, 1.54) is 50.5 Å². The fourth-order valence-electron chi connectivity index (χ4n) is 5.12. The Kier molecular flexibility index (Phi) is 8.13. The summed E-state index contributed by atoms with van der Waals surface area (Å²) in [4.78, 5) is 15.5. The SMILES string of the molecule is C=CCCCCCCCC(=O)C1CC2CCCC(C1)N2Cc1ccccc1. The van der Waals surface area contributed by atoms with E-state index in [4.69, 9.17) is 0 Å². The van der Waals surface area contributed by atoms with E-state index in [0.717, 1.165) is 38.6 Å². The molecule has 2 heteroatoms. The number of Topliss-reactive ketones (excluding diaryl/α,β-unsaturated/α-hetero) is 1. The first kappa shape index (κ1) is 20.3. The molecule has 0 N–H and O–H groups in total. The van der Waals surface area contributed by atoms with Crippen LogP contribution in [0.25, 0.3) is 0 Å². The number of carbonyl (C=O) groups is 1. The van der Waals surface area contributed by atoms with Crippen molar-refractivity contribution in [1.82, 2.24) is 4.90 Å². The molecular weight excluding hydrogens is 330 g/mol. The van der Waals surface area contributed by atoms with Crippen LogP contribution in [0, 0.1) is 5.92 Å². The molecule has 1 aromatic rings. The van der Waals surface area contributed by atoms with Gasteiger partial charge in [0.1, 0.15) is 5.78 Å². The van der Waals surface area contributed by atoms with Crippen LogP contribution in [0.1, 0.15) is 82.6 Å². The molecule has 2 heterocycles. The Bertz CT molecular complexity index is 567. The lowest BCUT2D eigenvalue weighted by molar-refractivity contribution is -0.127. The van der Waals surface area contributed by atoms with E-state index >= 15 is 0 Å². The predicted molar refractivity (Wildman–Crippen MR) is 114 cm³/mol. The highest BCUT2D eigenvalue weighted by molar-refractivity contribution is 5.81. The first-order valence-corrected chi connectivity index (χ1v) is 11.2. The van der Waals surface area contributed by atoms with Gasteiger partial charge in [0.25, 0.3) is 0 Å². The second-order valence-electron chi connectivity index (χ2n) is 8.63. The molecule has 2 unspecified atom stereocenters. The van der Waals surface area contributed by atoms with Crippen molar-refractivity contribution >= 4 is 5.78 Å². The molecule has 0 aliphatic carbocycles. The molecule has 2 aliphatic rings. The van der Waals surface area contributed by atoms with E-state index < -0.39 is 0 Å². The maximum Gasteiger partial charge on any atom is 0.136 e. The number of hydrogen-bond donors (Lipinski definition) is 0. The van der Waals surface area contributed by atoms with E-state index in [2.05, 4.69) is 41.8 Å². The Hall–Kier alpha value is -1.41. The summed E-state index contributed by atoms with van der Waals surface area (Å²) in [7, 11) is 0. The zero-order valence-electron chi connectivity index (χ0n) is 17.0. The zero-order valence-corrected chi connectivity index (χ0v) is 17.0. The molecule has 2 bridgehead atoms. The molecule has 2 aliphatic heterocycles. The number of piperidine rings is 2. The lowest BCUT2D eigenvalue weighted by atomic mass is 9.76. The fraction of sp³-hybridized carbons (Fsp3) is 0.640. The molecule has 0 radical (unpaired) electrons. The molecule has 148 valence electrons. The quantitative estimate of drug-likeness (QED) is 0.337. The molecule has 0 aromatic heterocycles. The standard InChI is InChI=1S/C25H37NO/c1-2-3-4-5-6-7-11-17-25(27)22-18-23-15-12-16-24(19-22)26(23)20-21-13-9-8-10-14-21/h2,8-10,13-14,22-24H,1,3-7,11-12,15-20H2. The van der Waals surface area contributed by atoms with Crippen molar-refractivity contribution in [3.63, 3.8) is 0 Å². The van der Waals surface area contributed by atoms with Gasteiger partial charge in [0.2, 0.25) is 0 Å². The third-order valence-corrected chi connectivity index (χ3v) is 6.62. The van der Waals surface area contributed by atoms with Crippen LogP contribution in [0.2, 0.25) is 0 Å². The lowest BCUT2D eigenvalue weighted by Gasteiger charge is -2.48. The summed E-state index contributed by atoms with van der Waals surface area (Å²) in [5.74, 6) is 0.880. The van der Waals surface area contributed by atoms with Gasteiger partial charge in [-0.1, -0.05) is 62.1 Å². The van der Waals surface area contributed by atoms with Crippen molar-refractivity contribution in [2.75, 3.05) is 0 Å². The van der Waals surface area contributed by atoms with E-state index in [1.807, 2.05) is 6.08 Å². The predicted octanol–water partition coefficient (Wildman–Crippen LogP) is 6.31. The zero-order chi connectivity index (χ0) is 18.9. The van der Waals surface area contributed by atoms with Crippen LogP contribution < -0.4 is 0 Å². The lowest BCUT2D eigenvalue weighted by Crippen LogP contribution is -2.52. The summed E-state index contributed by atoms with van der Waals surface area (Å²) < 4.78 is 0. The summed E-state index contributed by atoms with van der Waals surface area (Å²) >= 11 is 0. The number of allylic oxidation sites excluding steroid dienone is 1. The highest BCUT2D eigenvalue weighted by Gasteiger charge is 2.40. The number of nitrogens with zero attached hydrogens (tertiary/aromatic N) is 1. The van der Waals surface area contributed by atoms with Gasteiger partial charge >= 0.3 is 0 Å². The average molecular weight is 368 g/mol. The fourth-order valence-corrected chi connectivity index (χ4v) is 5.12. The maximum absolute atomic E-state index is 12.8. The molecule has 0 amide bonds. The monoisotopic (exact) mass is 367 g/mol. The highest BCUT2D eigenvalue weighted by atomic mass is 16.1. The molecular formula is C25H37NO. The smallest absolute Gasteiger partial charge is 0.136 e. The third kappa shape index (κ3) is 6.04. The minimum absolute atomic E-state index is 0.327. The van der Waals surface area contributed by atoms with Gasteiger partial charge in [0.15, 0.2) is 0 Å². The van der Waals surface area contributed by atoms with E-state index in [9.17, 15) is 4.79 Å². The van der Waals surface area contributed by atoms with Crippen LogP contribution in [0.3, 0.4) is 0 Å². The minimum atomic E-state index is 0.327. The summed E-state index contributed by atoms with van der Waals surface area (Å²) in [5, 5.41) is 0. The van der Waals surface area contributed by atoms with Gasteiger partial charge in [-0.25, -0.2) is 0 Å². The minimum Gasteiger partial charge on any atom is -0.299 e. The van der Waals surface area contributed by atoms with E-state index in [1.54, 1.807) is 0 Å². The Balaban J connectivity index is 1.43. The molecule has 1 aromatic carbocycles. The summed E-state index contributed by atoms with van der Waals surface area (Å²) in [6.45, 7) is 4.83. The van der Waals surface area contributed by atoms with Crippen LogP contribution in [-0.2, 0) is 11.3 Å². The first-order chi connectivity index (χ1) is 13.3. The van der Waals surface area contributed by atoms with E-state index in [-0.39, 0.29) is 0 Å². The summed E-state index contributed by atoms with van der Waals surface area (Å²) in [6, 6.07) is 12.1. The topological polar surface area (TPSA) is 20.3 Å². The second-order valence-corrected chi connectivity index (χ2v) is 8.63. The number of fused-ring (bicyclic) bond motifs is 2. The number of benzene rings is 1. The van der Waals surface area contributed by atoms with Crippen LogP contribution in [0.15, 0.2) is 43.0 Å². The van der Waals surface area contributed by atoms with Crippen molar-refractivity contribution in [2.45, 2.75) is 95.7 Å². The van der Waals surface area contributed by atoms with E-state index in [0.29, 0.717) is 23.8 Å². The van der Waals surface area contributed by atoms with Gasteiger partial charge in [0, 0.05) is 31.0 Å². The van der Waals surface area contributed by atoms with Crippen molar-refractivity contribution in [3.8, 4) is 0 Å². The Morgan fingerprint density at radius 1 is 1.00 bits per heavy atom. The molecule has 2 atom stereocenters. The van der Waals surface area contributed by atoms with Gasteiger partial charge in [-0.05, 0) is 50.5 Å². The second kappa shape index (κ2) is 10.8. The van der Waals surface area contributed by atoms with Crippen LogP contribution in [0.5, 0.6) is 0 Å². The van der Waals surface area contributed by atoms with Gasteiger partial charge in [-0.15, -0.1) is 6.58 Å². The molecule has 3 rings (SSSR count). The number of ketones is 1.